The Morgan fingerprint density at radius 3 is 2.54 bits per heavy atom. The molecule has 6 nitrogen and oxygen atoms in total. The van der Waals surface area contributed by atoms with Crippen molar-refractivity contribution in [1.82, 2.24) is 9.80 Å². The maximum atomic E-state index is 10.2. The largest absolute Gasteiger partial charge is 0.493 e. The number of hydrogen-bond acceptors (Lipinski definition) is 6. The number of likely N-dealkylation sites (tertiary alicyclic amines) is 1. The van der Waals surface area contributed by atoms with Crippen LogP contribution in [-0.4, -0.2) is 78.7 Å². The van der Waals surface area contributed by atoms with Gasteiger partial charge in [0.2, 0.25) is 0 Å². The molecule has 0 aromatic heterocycles. The van der Waals surface area contributed by atoms with Gasteiger partial charge in [0.25, 0.3) is 0 Å². The van der Waals surface area contributed by atoms with Crippen LogP contribution in [0.15, 0.2) is 18.2 Å². The molecule has 0 spiro atoms. The van der Waals surface area contributed by atoms with Gasteiger partial charge in [-0.15, -0.1) is 0 Å². The maximum Gasteiger partial charge on any atom is 0.161 e. The molecular weight excluding hydrogens is 308 g/mol. The third kappa shape index (κ3) is 5.34. The minimum atomic E-state index is -0.538. The van der Waals surface area contributed by atoms with Gasteiger partial charge in [0, 0.05) is 26.2 Å². The molecule has 136 valence electrons. The van der Waals surface area contributed by atoms with E-state index in [2.05, 4.69) is 23.6 Å². The number of β-amino-alcohol motifs (C(OH)–C–C–N with tert-alkyl or cyclic N) is 1. The molecule has 6 heteroatoms. The van der Waals surface area contributed by atoms with E-state index in [4.69, 9.17) is 9.47 Å². The molecule has 1 aromatic rings. The van der Waals surface area contributed by atoms with Crippen molar-refractivity contribution in [3.8, 4) is 11.5 Å². The molecule has 0 radical (unpaired) electrons. The number of aliphatic hydroxyl groups excluding tert-OH is 2. The molecule has 1 fully saturated rings. The molecule has 0 unspecified atom stereocenters. The molecule has 1 aliphatic rings. The average Bonchev–Trinajstić information content (AvgIpc) is 2.56. The van der Waals surface area contributed by atoms with Crippen molar-refractivity contribution in [3.05, 3.63) is 23.8 Å². The summed E-state index contributed by atoms with van der Waals surface area (Å²) in [5.74, 6) is 1.31. The lowest BCUT2D eigenvalue weighted by atomic mass is 10.1. The molecule has 1 saturated heterocycles. The number of methoxy groups -OCH3 is 1. The van der Waals surface area contributed by atoms with Crippen molar-refractivity contribution < 1.29 is 19.7 Å². The third-order valence-electron chi connectivity index (χ3n) is 4.37. The number of benzene rings is 1. The maximum absolute atomic E-state index is 10.2. The molecular formula is C18H30N2O4. The van der Waals surface area contributed by atoms with E-state index in [-0.39, 0.29) is 12.7 Å². The van der Waals surface area contributed by atoms with Crippen molar-refractivity contribution in [2.24, 2.45) is 0 Å². The monoisotopic (exact) mass is 338 g/mol. The van der Waals surface area contributed by atoms with Crippen molar-refractivity contribution in [2.45, 2.75) is 32.6 Å². The van der Waals surface area contributed by atoms with E-state index in [0.29, 0.717) is 31.1 Å². The summed E-state index contributed by atoms with van der Waals surface area (Å²) in [5.41, 5.74) is 1.11. The van der Waals surface area contributed by atoms with Crippen molar-refractivity contribution in [2.75, 3.05) is 46.4 Å². The molecule has 1 heterocycles. The fraction of sp³-hybridized carbons (Fsp3) is 0.667. The lowest BCUT2D eigenvalue weighted by Gasteiger charge is -2.35. The van der Waals surface area contributed by atoms with Gasteiger partial charge in [-0.05, 0) is 30.8 Å². The lowest BCUT2D eigenvalue weighted by Crippen LogP contribution is -2.49. The van der Waals surface area contributed by atoms with E-state index in [9.17, 15) is 10.2 Å². The van der Waals surface area contributed by atoms with Crippen molar-refractivity contribution in [1.29, 1.82) is 0 Å². The van der Waals surface area contributed by atoms with Gasteiger partial charge in [-0.1, -0.05) is 19.9 Å². The molecule has 1 aromatic carbocycles. The van der Waals surface area contributed by atoms with Crippen LogP contribution in [0.4, 0.5) is 0 Å². The second-order valence-electron chi connectivity index (χ2n) is 6.28. The van der Waals surface area contributed by atoms with E-state index in [1.807, 2.05) is 18.2 Å². The third-order valence-corrected chi connectivity index (χ3v) is 4.37. The fourth-order valence-electron chi connectivity index (χ4n) is 2.88. The normalized spacial score (nSPS) is 16.9. The molecule has 0 saturated carbocycles. The van der Waals surface area contributed by atoms with Gasteiger partial charge in [-0.2, -0.15) is 0 Å². The molecule has 24 heavy (non-hydrogen) atoms. The Morgan fingerprint density at radius 1 is 1.25 bits per heavy atom. The van der Waals surface area contributed by atoms with Gasteiger partial charge < -0.3 is 24.6 Å². The summed E-state index contributed by atoms with van der Waals surface area (Å²) in [6.45, 7) is 9.02. The predicted molar refractivity (Wildman–Crippen MR) is 93.6 cm³/mol. The topological polar surface area (TPSA) is 65.4 Å². The zero-order valence-corrected chi connectivity index (χ0v) is 14.9. The Morgan fingerprint density at radius 2 is 1.96 bits per heavy atom. The molecule has 0 bridgehead atoms. The molecule has 2 N–H and O–H groups in total. The summed E-state index contributed by atoms with van der Waals surface area (Å²) in [6, 6.07) is 5.84. The van der Waals surface area contributed by atoms with Gasteiger partial charge in [0.1, 0.15) is 12.7 Å². The Balaban J connectivity index is 1.92. The second-order valence-corrected chi connectivity index (χ2v) is 6.28. The first-order valence-electron chi connectivity index (χ1n) is 8.66. The summed E-state index contributed by atoms with van der Waals surface area (Å²) >= 11 is 0. The number of aliphatic hydroxyl groups is 2. The van der Waals surface area contributed by atoms with Crippen molar-refractivity contribution >= 4 is 0 Å². The van der Waals surface area contributed by atoms with Crippen molar-refractivity contribution in [3.63, 3.8) is 0 Å². The predicted octanol–water partition coefficient (Wildman–Crippen LogP) is 0.953. The average molecular weight is 338 g/mol. The zero-order valence-electron chi connectivity index (χ0n) is 14.9. The van der Waals surface area contributed by atoms with E-state index in [1.165, 1.54) is 0 Å². The minimum Gasteiger partial charge on any atom is -0.493 e. The number of ether oxygens (including phenoxy) is 2. The van der Waals surface area contributed by atoms with E-state index in [1.54, 1.807) is 7.11 Å². The summed E-state index contributed by atoms with van der Waals surface area (Å²) in [5, 5.41) is 19.5. The van der Waals surface area contributed by atoms with Crippen LogP contribution in [0.1, 0.15) is 19.4 Å². The Kier molecular flexibility index (Phi) is 7.30. The Labute approximate surface area is 144 Å². The van der Waals surface area contributed by atoms with Crippen LogP contribution in [-0.2, 0) is 6.54 Å². The van der Waals surface area contributed by atoms with Crippen LogP contribution >= 0.6 is 0 Å². The number of rotatable bonds is 10. The highest BCUT2D eigenvalue weighted by atomic mass is 16.5. The Hall–Kier alpha value is -1.34. The highest BCUT2D eigenvalue weighted by Crippen LogP contribution is 2.29. The van der Waals surface area contributed by atoms with E-state index < -0.39 is 6.10 Å². The molecule has 0 aliphatic carbocycles. The SMILES string of the molecule is CCN(CC)C[C@H](O)COc1cc(CN2CC(O)C2)ccc1OC. The van der Waals surface area contributed by atoms with Crippen LogP contribution < -0.4 is 9.47 Å². The van der Waals surface area contributed by atoms with Gasteiger partial charge in [-0.3, -0.25) is 4.90 Å². The first-order valence-corrected chi connectivity index (χ1v) is 8.66. The van der Waals surface area contributed by atoms with E-state index in [0.717, 1.165) is 25.2 Å². The minimum absolute atomic E-state index is 0.200. The molecule has 1 aliphatic heterocycles. The quantitative estimate of drug-likeness (QED) is 0.662. The number of likely N-dealkylation sites (N-methyl/N-ethyl adjacent to an activating group) is 1. The Bertz CT molecular complexity index is 502. The molecule has 0 amide bonds. The second kappa shape index (κ2) is 9.22. The highest BCUT2D eigenvalue weighted by molar-refractivity contribution is 5.43. The van der Waals surface area contributed by atoms with Gasteiger partial charge in [0.15, 0.2) is 11.5 Å². The molecule has 2 rings (SSSR count). The van der Waals surface area contributed by atoms with Crippen LogP contribution in [0.2, 0.25) is 0 Å². The smallest absolute Gasteiger partial charge is 0.161 e. The van der Waals surface area contributed by atoms with Gasteiger partial charge in [0.05, 0.1) is 13.2 Å². The standard InChI is InChI=1S/C18H30N2O4/c1-4-19(5-2)12-16(22)13-24-18-8-14(6-7-17(18)23-3)9-20-10-15(21)11-20/h6-8,15-16,21-22H,4-5,9-13H2,1-3H3/t16-/m0/s1. The van der Waals surface area contributed by atoms with Crippen LogP contribution in [0.5, 0.6) is 11.5 Å². The zero-order chi connectivity index (χ0) is 17.5. The first kappa shape index (κ1) is 19.0. The number of nitrogens with zero attached hydrogens (tertiary/aromatic N) is 2. The van der Waals surface area contributed by atoms with Crippen LogP contribution in [0.3, 0.4) is 0 Å². The number of hydrogen-bond donors (Lipinski definition) is 2. The molecule has 1 atom stereocenters. The van der Waals surface area contributed by atoms with Crippen LogP contribution in [0, 0.1) is 0 Å². The van der Waals surface area contributed by atoms with Crippen LogP contribution in [0.25, 0.3) is 0 Å². The lowest BCUT2D eigenvalue weighted by molar-refractivity contribution is -0.00293. The fourth-order valence-corrected chi connectivity index (χ4v) is 2.88. The van der Waals surface area contributed by atoms with E-state index >= 15 is 0 Å². The summed E-state index contributed by atoms with van der Waals surface area (Å²) in [6.07, 6.45) is -0.738. The summed E-state index contributed by atoms with van der Waals surface area (Å²) in [7, 11) is 1.61. The van der Waals surface area contributed by atoms with Gasteiger partial charge in [-0.25, -0.2) is 0 Å². The first-order chi connectivity index (χ1) is 11.5. The summed E-state index contributed by atoms with van der Waals surface area (Å²) < 4.78 is 11.2. The highest BCUT2D eigenvalue weighted by Gasteiger charge is 2.24. The van der Waals surface area contributed by atoms with Gasteiger partial charge >= 0.3 is 0 Å². The summed E-state index contributed by atoms with van der Waals surface area (Å²) in [4.78, 5) is 4.34.